The Morgan fingerprint density at radius 2 is 1.70 bits per heavy atom. The van der Waals surface area contributed by atoms with Crippen molar-refractivity contribution in [3.63, 3.8) is 0 Å². The second-order valence-corrected chi connectivity index (χ2v) is 6.29. The molecule has 0 N–H and O–H groups in total. The summed E-state index contributed by atoms with van der Waals surface area (Å²) in [6.07, 6.45) is 5.36. The van der Waals surface area contributed by atoms with E-state index in [2.05, 4.69) is 44.5 Å². The van der Waals surface area contributed by atoms with Crippen molar-refractivity contribution in [1.29, 1.82) is 0 Å². The van der Waals surface area contributed by atoms with E-state index in [0.717, 1.165) is 27.8 Å². The molecule has 0 bridgehead atoms. The van der Waals surface area contributed by atoms with Crippen molar-refractivity contribution < 1.29 is 4.52 Å². The van der Waals surface area contributed by atoms with Crippen LogP contribution >= 0.6 is 0 Å². The molecule has 130 valence electrons. The van der Waals surface area contributed by atoms with Crippen molar-refractivity contribution in [2.24, 2.45) is 7.05 Å². The van der Waals surface area contributed by atoms with Crippen LogP contribution in [0.15, 0.2) is 77.7 Å². The van der Waals surface area contributed by atoms with Gasteiger partial charge in [-0.25, -0.2) is 0 Å². The summed E-state index contributed by atoms with van der Waals surface area (Å²) in [6, 6.07) is 18.1. The van der Waals surface area contributed by atoms with Gasteiger partial charge in [0.05, 0.1) is 5.56 Å². The van der Waals surface area contributed by atoms with Crippen LogP contribution in [-0.4, -0.2) is 24.9 Å². The van der Waals surface area contributed by atoms with Crippen LogP contribution in [0.4, 0.5) is 0 Å². The zero-order valence-electron chi connectivity index (χ0n) is 14.6. The Hall–Kier alpha value is -3.80. The summed E-state index contributed by atoms with van der Waals surface area (Å²) in [5.74, 6) is 0.998. The van der Waals surface area contributed by atoms with E-state index in [1.54, 1.807) is 17.1 Å². The molecule has 0 amide bonds. The summed E-state index contributed by atoms with van der Waals surface area (Å²) in [4.78, 5) is 8.67. The van der Waals surface area contributed by atoms with Gasteiger partial charge in [0.15, 0.2) is 0 Å². The lowest BCUT2D eigenvalue weighted by Crippen LogP contribution is -1.87. The van der Waals surface area contributed by atoms with E-state index < -0.39 is 0 Å². The molecular weight excluding hydrogens is 338 g/mol. The monoisotopic (exact) mass is 353 g/mol. The third kappa shape index (κ3) is 2.77. The molecule has 5 aromatic rings. The lowest BCUT2D eigenvalue weighted by molar-refractivity contribution is 0.432. The van der Waals surface area contributed by atoms with Crippen LogP contribution in [-0.2, 0) is 7.05 Å². The number of hydrogen-bond acceptors (Lipinski definition) is 5. The SMILES string of the molecule is Cn1cc(-c2nc(-c3ccc4ccccc4c3)no2)c(-c2ccncc2)n1. The molecule has 0 saturated heterocycles. The number of benzene rings is 2. The Balaban J connectivity index is 1.58. The Morgan fingerprint density at radius 3 is 2.56 bits per heavy atom. The van der Waals surface area contributed by atoms with Crippen LogP contribution in [0, 0.1) is 0 Å². The van der Waals surface area contributed by atoms with Crippen LogP contribution < -0.4 is 0 Å². The maximum atomic E-state index is 5.56. The first-order valence-corrected chi connectivity index (χ1v) is 8.55. The van der Waals surface area contributed by atoms with Crippen molar-refractivity contribution in [3.05, 3.63) is 73.2 Å². The van der Waals surface area contributed by atoms with Gasteiger partial charge in [-0.2, -0.15) is 10.1 Å². The smallest absolute Gasteiger partial charge is 0.262 e. The first-order valence-electron chi connectivity index (χ1n) is 8.55. The first-order chi connectivity index (χ1) is 13.3. The lowest BCUT2D eigenvalue weighted by atomic mass is 10.1. The molecule has 0 aliphatic heterocycles. The van der Waals surface area contributed by atoms with Crippen LogP contribution in [0.5, 0.6) is 0 Å². The Morgan fingerprint density at radius 1 is 0.889 bits per heavy atom. The van der Waals surface area contributed by atoms with Gasteiger partial charge in [-0.05, 0) is 29.0 Å². The molecule has 2 aromatic carbocycles. The zero-order chi connectivity index (χ0) is 18.2. The Bertz CT molecular complexity index is 1240. The average Bonchev–Trinajstić information content (AvgIpc) is 3.35. The summed E-state index contributed by atoms with van der Waals surface area (Å²) >= 11 is 0. The third-order valence-electron chi connectivity index (χ3n) is 4.45. The summed E-state index contributed by atoms with van der Waals surface area (Å²) in [7, 11) is 1.87. The van der Waals surface area contributed by atoms with Crippen molar-refractivity contribution >= 4 is 10.8 Å². The Labute approximate surface area is 155 Å². The summed E-state index contributed by atoms with van der Waals surface area (Å²) in [5, 5.41) is 11.0. The molecular formula is C21H15N5O. The zero-order valence-corrected chi connectivity index (χ0v) is 14.6. The minimum absolute atomic E-state index is 0.443. The van der Waals surface area contributed by atoms with E-state index >= 15 is 0 Å². The predicted molar refractivity (Wildman–Crippen MR) is 103 cm³/mol. The highest BCUT2D eigenvalue weighted by molar-refractivity contribution is 5.86. The van der Waals surface area contributed by atoms with Crippen LogP contribution in [0.25, 0.3) is 44.9 Å². The topological polar surface area (TPSA) is 69.6 Å². The number of hydrogen-bond donors (Lipinski definition) is 0. The molecule has 0 atom stereocenters. The van der Waals surface area contributed by atoms with Crippen molar-refractivity contribution in [1.82, 2.24) is 24.9 Å². The molecule has 0 aliphatic rings. The standard InChI is InChI=1S/C21H15N5O/c1-26-13-18(19(24-26)15-8-10-22-11-9-15)21-23-20(25-27-21)17-7-6-14-4-2-3-5-16(14)12-17/h2-13H,1H3. The molecule has 0 fully saturated rings. The van der Waals surface area contributed by atoms with Gasteiger partial charge in [-0.3, -0.25) is 9.67 Å². The number of aryl methyl sites for hydroxylation is 1. The fraction of sp³-hybridized carbons (Fsp3) is 0.0476. The van der Waals surface area contributed by atoms with E-state index in [1.807, 2.05) is 43.6 Å². The molecule has 3 heterocycles. The summed E-state index contributed by atoms with van der Waals surface area (Å²) in [6.45, 7) is 0. The van der Waals surface area contributed by atoms with E-state index in [9.17, 15) is 0 Å². The number of rotatable bonds is 3. The van der Waals surface area contributed by atoms with Gasteiger partial charge in [0.25, 0.3) is 5.89 Å². The normalized spacial score (nSPS) is 11.1. The molecule has 6 heteroatoms. The van der Waals surface area contributed by atoms with Crippen LogP contribution in [0.2, 0.25) is 0 Å². The summed E-state index contributed by atoms with van der Waals surface area (Å²) < 4.78 is 7.30. The molecule has 27 heavy (non-hydrogen) atoms. The van der Waals surface area contributed by atoms with Gasteiger partial charge < -0.3 is 4.52 Å². The maximum absolute atomic E-state index is 5.56. The van der Waals surface area contributed by atoms with Gasteiger partial charge in [0, 0.05) is 36.8 Å². The van der Waals surface area contributed by atoms with Crippen molar-refractivity contribution in [2.75, 3.05) is 0 Å². The fourth-order valence-corrected chi connectivity index (χ4v) is 3.15. The largest absolute Gasteiger partial charge is 0.333 e. The molecule has 0 radical (unpaired) electrons. The van der Waals surface area contributed by atoms with Crippen LogP contribution in [0.1, 0.15) is 0 Å². The lowest BCUT2D eigenvalue weighted by Gasteiger charge is -1.99. The second-order valence-electron chi connectivity index (χ2n) is 6.29. The number of fused-ring (bicyclic) bond motifs is 1. The van der Waals surface area contributed by atoms with E-state index in [0.29, 0.717) is 11.7 Å². The van der Waals surface area contributed by atoms with Crippen molar-refractivity contribution in [3.8, 4) is 34.1 Å². The first kappa shape index (κ1) is 15.5. The highest BCUT2D eigenvalue weighted by Gasteiger charge is 2.18. The highest BCUT2D eigenvalue weighted by Crippen LogP contribution is 2.31. The van der Waals surface area contributed by atoms with E-state index in [-0.39, 0.29) is 0 Å². The quantitative estimate of drug-likeness (QED) is 0.482. The van der Waals surface area contributed by atoms with Gasteiger partial charge >= 0.3 is 0 Å². The molecule has 0 aliphatic carbocycles. The minimum atomic E-state index is 0.443. The van der Waals surface area contributed by atoms with Gasteiger partial charge in [-0.15, -0.1) is 0 Å². The van der Waals surface area contributed by atoms with Gasteiger partial charge in [-0.1, -0.05) is 41.6 Å². The fourth-order valence-electron chi connectivity index (χ4n) is 3.15. The molecule has 3 aromatic heterocycles. The Kier molecular flexibility index (Phi) is 3.53. The molecule has 6 nitrogen and oxygen atoms in total. The maximum Gasteiger partial charge on any atom is 0.262 e. The highest BCUT2D eigenvalue weighted by atomic mass is 16.5. The molecule has 0 saturated carbocycles. The molecule has 0 unspecified atom stereocenters. The molecule has 5 rings (SSSR count). The number of nitrogens with zero attached hydrogens (tertiary/aromatic N) is 5. The van der Waals surface area contributed by atoms with Gasteiger partial charge in [0.1, 0.15) is 5.69 Å². The van der Waals surface area contributed by atoms with Crippen molar-refractivity contribution in [2.45, 2.75) is 0 Å². The minimum Gasteiger partial charge on any atom is -0.333 e. The van der Waals surface area contributed by atoms with E-state index in [1.165, 1.54) is 5.39 Å². The number of pyridine rings is 1. The van der Waals surface area contributed by atoms with Gasteiger partial charge in [0.2, 0.25) is 5.82 Å². The van der Waals surface area contributed by atoms with E-state index in [4.69, 9.17) is 4.52 Å². The summed E-state index contributed by atoms with van der Waals surface area (Å²) in [5.41, 5.74) is 3.45. The third-order valence-corrected chi connectivity index (χ3v) is 4.45. The van der Waals surface area contributed by atoms with Crippen LogP contribution in [0.3, 0.4) is 0 Å². The average molecular weight is 353 g/mol. The number of aromatic nitrogens is 5. The predicted octanol–water partition coefficient (Wildman–Crippen LogP) is 4.35. The second kappa shape index (κ2) is 6.17. The molecule has 0 spiro atoms.